The molecule has 2 heterocycles. The minimum atomic E-state index is -0.569. The van der Waals surface area contributed by atoms with Gasteiger partial charge in [0.1, 0.15) is 5.82 Å². The van der Waals surface area contributed by atoms with Gasteiger partial charge >= 0.3 is 0 Å². The number of aryl methyl sites for hydroxylation is 1. The van der Waals surface area contributed by atoms with Gasteiger partial charge in [-0.25, -0.2) is 4.39 Å². The quantitative estimate of drug-likeness (QED) is 0.692. The van der Waals surface area contributed by atoms with Gasteiger partial charge in [0.15, 0.2) is 0 Å². The molecule has 26 heavy (non-hydrogen) atoms. The van der Waals surface area contributed by atoms with Crippen molar-refractivity contribution in [1.29, 1.82) is 0 Å². The number of aliphatic hydroxyl groups excluding tert-OH is 1. The molecule has 0 saturated carbocycles. The number of benzene rings is 1. The van der Waals surface area contributed by atoms with Crippen molar-refractivity contribution in [2.45, 2.75) is 6.61 Å². The van der Waals surface area contributed by atoms with E-state index in [2.05, 4.69) is 15.4 Å². The number of aliphatic hydroxyl groups is 1. The number of hydrogen-bond acceptors (Lipinski definition) is 4. The number of carbonyl (C=O) groups is 1. The zero-order chi connectivity index (χ0) is 18.5. The summed E-state index contributed by atoms with van der Waals surface area (Å²) in [5.74, 6) is -0.970. The van der Waals surface area contributed by atoms with Gasteiger partial charge in [0, 0.05) is 54.1 Å². The molecule has 0 unspecified atom stereocenters. The van der Waals surface area contributed by atoms with Crippen molar-refractivity contribution < 1.29 is 14.3 Å². The predicted molar refractivity (Wildman–Crippen MR) is 96.4 cm³/mol. The predicted octanol–water partition coefficient (Wildman–Crippen LogP) is 2.77. The van der Waals surface area contributed by atoms with Crippen molar-refractivity contribution in [2.24, 2.45) is 7.05 Å². The summed E-state index contributed by atoms with van der Waals surface area (Å²) in [4.78, 5) is 16.2. The Bertz CT molecular complexity index is 966. The molecule has 0 aliphatic heterocycles. The lowest BCUT2D eigenvalue weighted by Crippen LogP contribution is -2.08. The Labute approximate surface area is 149 Å². The lowest BCUT2D eigenvalue weighted by molar-refractivity contribution is -0.111. The van der Waals surface area contributed by atoms with Crippen LogP contribution in [0.4, 0.5) is 10.1 Å². The smallest absolute Gasteiger partial charge is 0.248 e. The van der Waals surface area contributed by atoms with Crippen LogP contribution >= 0.6 is 0 Å². The first kappa shape index (κ1) is 17.5. The van der Waals surface area contributed by atoms with Gasteiger partial charge in [-0.2, -0.15) is 5.10 Å². The molecule has 7 heteroatoms. The molecular weight excluding hydrogens is 335 g/mol. The Morgan fingerprint density at radius 3 is 2.88 bits per heavy atom. The highest BCUT2D eigenvalue weighted by Gasteiger charge is 2.07. The number of anilines is 1. The number of hydrogen-bond donors (Lipinski definition) is 2. The fraction of sp³-hybridized carbons (Fsp3) is 0.105. The van der Waals surface area contributed by atoms with Crippen molar-refractivity contribution in [3.63, 3.8) is 0 Å². The van der Waals surface area contributed by atoms with Crippen LogP contribution in [0.1, 0.15) is 11.1 Å². The Kier molecular flexibility index (Phi) is 5.19. The van der Waals surface area contributed by atoms with Gasteiger partial charge in [0.25, 0.3) is 0 Å². The maximum absolute atomic E-state index is 13.6. The van der Waals surface area contributed by atoms with Crippen LogP contribution in [-0.2, 0) is 18.4 Å². The van der Waals surface area contributed by atoms with E-state index in [1.807, 2.05) is 19.3 Å². The third-order valence-electron chi connectivity index (χ3n) is 3.77. The number of rotatable bonds is 5. The highest BCUT2D eigenvalue weighted by atomic mass is 19.1. The molecule has 132 valence electrons. The standard InChI is InChI=1S/C19H17FN4O2/c1-24-11-15(10-22-24)17-6-7-21-9-13(17)3-5-19(26)23-16-4-2-14(12-25)18(20)8-16/h2-11,25H,12H2,1H3,(H,23,26). The lowest BCUT2D eigenvalue weighted by Gasteiger charge is -2.05. The van der Waals surface area contributed by atoms with Crippen LogP contribution in [0.3, 0.4) is 0 Å². The van der Waals surface area contributed by atoms with Crippen LogP contribution in [-0.4, -0.2) is 25.8 Å². The molecule has 0 saturated heterocycles. The Hall–Kier alpha value is -3.32. The van der Waals surface area contributed by atoms with Crippen LogP contribution < -0.4 is 5.32 Å². The van der Waals surface area contributed by atoms with Crippen molar-refractivity contribution in [3.8, 4) is 11.1 Å². The molecule has 1 aromatic carbocycles. The van der Waals surface area contributed by atoms with E-state index in [1.165, 1.54) is 24.3 Å². The van der Waals surface area contributed by atoms with Gasteiger partial charge < -0.3 is 10.4 Å². The first-order valence-corrected chi connectivity index (χ1v) is 7.88. The van der Waals surface area contributed by atoms with Gasteiger partial charge in [0.05, 0.1) is 12.8 Å². The summed E-state index contributed by atoms with van der Waals surface area (Å²) in [5, 5.41) is 15.7. The van der Waals surface area contributed by atoms with Crippen molar-refractivity contribution in [1.82, 2.24) is 14.8 Å². The molecular formula is C19H17FN4O2. The second-order valence-electron chi connectivity index (χ2n) is 5.65. The van der Waals surface area contributed by atoms with E-state index in [0.717, 1.165) is 16.7 Å². The van der Waals surface area contributed by atoms with Gasteiger partial charge in [-0.05, 0) is 29.8 Å². The summed E-state index contributed by atoms with van der Waals surface area (Å²) in [7, 11) is 1.83. The van der Waals surface area contributed by atoms with Gasteiger partial charge in [0.2, 0.25) is 5.91 Å². The highest BCUT2D eigenvalue weighted by molar-refractivity contribution is 6.02. The van der Waals surface area contributed by atoms with Gasteiger partial charge in [-0.3, -0.25) is 14.5 Å². The third kappa shape index (κ3) is 4.01. The number of nitrogens with zero attached hydrogens (tertiary/aromatic N) is 3. The van der Waals surface area contributed by atoms with Crippen molar-refractivity contribution in [2.75, 3.05) is 5.32 Å². The van der Waals surface area contributed by atoms with E-state index in [1.54, 1.807) is 29.3 Å². The molecule has 0 bridgehead atoms. The third-order valence-corrected chi connectivity index (χ3v) is 3.77. The van der Waals surface area contributed by atoms with Crippen molar-refractivity contribution >= 4 is 17.7 Å². The number of amides is 1. The van der Waals surface area contributed by atoms with E-state index in [0.29, 0.717) is 5.69 Å². The van der Waals surface area contributed by atoms with Crippen LogP contribution in [0.15, 0.2) is 55.1 Å². The molecule has 0 radical (unpaired) electrons. The summed E-state index contributed by atoms with van der Waals surface area (Å²) in [6, 6.07) is 5.97. The first-order valence-electron chi connectivity index (χ1n) is 7.88. The fourth-order valence-corrected chi connectivity index (χ4v) is 2.47. The molecule has 3 rings (SSSR count). The number of nitrogens with one attached hydrogen (secondary N) is 1. The number of pyridine rings is 1. The topological polar surface area (TPSA) is 80.0 Å². The molecule has 0 spiro atoms. The first-order chi connectivity index (χ1) is 12.6. The molecule has 0 fully saturated rings. The second kappa shape index (κ2) is 7.71. The van der Waals surface area contributed by atoms with E-state index < -0.39 is 18.3 Å². The molecule has 3 aromatic rings. The summed E-state index contributed by atoms with van der Waals surface area (Å²) < 4.78 is 15.3. The van der Waals surface area contributed by atoms with Crippen LogP contribution in [0, 0.1) is 5.82 Å². The van der Waals surface area contributed by atoms with Gasteiger partial charge in [-0.15, -0.1) is 0 Å². The number of carbonyl (C=O) groups excluding carboxylic acids is 1. The van der Waals surface area contributed by atoms with E-state index in [-0.39, 0.29) is 5.56 Å². The molecule has 6 nitrogen and oxygen atoms in total. The normalized spacial score (nSPS) is 11.0. The Morgan fingerprint density at radius 1 is 1.35 bits per heavy atom. The highest BCUT2D eigenvalue weighted by Crippen LogP contribution is 2.23. The molecule has 0 aliphatic carbocycles. The largest absolute Gasteiger partial charge is 0.392 e. The minimum Gasteiger partial charge on any atom is -0.392 e. The minimum absolute atomic E-state index is 0.176. The summed E-state index contributed by atoms with van der Waals surface area (Å²) in [6.07, 6.45) is 9.93. The molecule has 2 N–H and O–H groups in total. The molecule has 1 amide bonds. The van der Waals surface area contributed by atoms with E-state index in [9.17, 15) is 9.18 Å². The second-order valence-corrected chi connectivity index (χ2v) is 5.65. The molecule has 0 aliphatic rings. The summed E-state index contributed by atoms with van der Waals surface area (Å²) in [6.45, 7) is -0.391. The van der Waals surface area contributed by atoms with Crippen LogP contribution in [0.5, 0.6) is 0 Å². The SMILES string of the molecule is Cn1cc(-c2ccncc2C=CC(=O)Nc2ccc(CO)c(F)c2)cn1. The van der Waals surface area contributed by atoms with Crippen LogP contribution in [0.25, 0.3) is 17.2 Å². The maximum atomic E-state index is 13.6. The van der Waals surface area contributed by atoms with E-state index >= 15 is 0 Å². The molecule has 0 atom stereocenters. The maximum Gasteiger partial charge on any atom is 0.248 e. The number of halogens is 1. The van der Waals surface area contributed by atoms with Gasteiger partial charge in [-0.1, -0.05) is 6.07 Å². The fourth-order valence-electron chi connectivity index (χ4n) is 2.47. The number of aromatic nitrogens is 3. The average molecular weight is 352 g/mol. The lowest BCUT2D eigenvalue weighted by atomic mass is 10.0. The summed E-state index contributed by atoms with van der Waals surface area (Å²) in [5.41, 5.74) is 3.06. The summed E-state index contributed by atoms with van der Waals surface area (Å²) >= 11 is 0. The zero-order valence-corrected chi connectivity index (χ0v) is 14.1. The average Bonchev–Trinajstić information content (AvgIpc) is 3.07. The van der Waals surface area contributed by atoms with E-state index in [4.69, 9.17) is 5.11 Å². The molecule has 2 aromatic heterocycles. The monoisotopic (exact) mass is 352 g/mol. The van der Waals surface area contributed by atoms with Crippen LogP contribution in [0.2, 0.25) is 0 Å². The van der Waals surface area contributed by atoms with Crippen molar-refractivity contribution in [3.05, 3.63) is 72.1 Å². The zero-order valence-electron chi connectivity index (χ0n) is 14.1. The Balaban J connectivity index is 1.76. The Morgan fingerprint density at radius 2 is 2.19 bits per heavy atom.